The number of carbonyl (C=O) groups is 2. The molecule has 4 aliphatic rings. The molecule has 2 aliphatic heterocycles. The Bertz CT molecular complexity index is 1050. The second-order valence-electron chi connectivity index (χ2n) is 10.4. The number of methoxy groups -OCH3 is 1. The molecule has 0 amide bonds. The smallest absolute Gasteiger partial charge is 0.310 e. The minimum atomic E-state index is -0.792. The molecule has 7 nitrogen and oxygen atoms in total. The summed E-state index contributed by atoms with van der Waals surface area (Å²) in [6, 6.07) is 4.08. The molecule has 0 radical (unpaired) electrons. The van der Waals surface area contributed by atoms with Crippen LogP contribution in [0.5, 0.6) is 11.5 Å². The van der Waals surface area contributed by atoms with Crippen LogP contribution in [-0.4, -0.2) is 55.3 Å². The van der Waals surface area contributed by atoms with Crippen LogP contribution in [0.4, 0.5) is 0 Å². The quantitative estimate of drug-likeness (QED) is 0.481. The molecule has 1 aromatic rings. The summed E-state index contributed by atoms with van der Waals surface area (Å²) in [6.07, 6.45) is 7.61. The zero-order valence-electron chi connectivity index (χ0n) is 21.4. The van der Waals surface area contributed by atoms with Crippen LogP contribution >= 0.6 is 0 Å². The molecule has 2 bridgehead atoms. The lowest BCUT2D eigenvalue weighted by Crippen LogP contribution is -2.75. The van der Waals surface area contributed by atoms with E-state index >= 15 is 0 Å². The summed E-state index contributed by atoms with van der Waals surface area (Å²) in [5.74, 6) is 1.49. The molecule has 2 heterocycles. The number of hydrogen-bond acceptors (Lipinski definition) is 7. The van der Waals surface area contributed by atoms with Crippen LogP contribution in [0.15, 0.2) is 24.0 Å². The molecule has 4 atom stereocenters. The molecule has 35 heavy (non-hydrogen) atoms. The SMILES string of the molecule is CCCCC(=O)OC1=CC[C@@]2(OC(=O)CCCC)[C@H]3Cc4ccc(OC)c5c4C2(CCN3C)[C@H]1O5. The Hall–Kier alpha value is -2.54. The van der Waals surface area contributed by atoms with Gasteiger partial charge in [0.05, 0.1) is 18.6 Å². The normalized spacial score (nSPS) is 30.1. The Morgan fingerprint density at radius 2 is 1.89 bits per heavy atom. The molecule has 1 aromatic carbocycles. The Labute approximate surface area is 207 Å². The van der Waals surface area contributed by atoms with Crippen molar-refractivity contribution in [3.63, 3.8) is 0 Å². The summed E-state index contributed by atoms with van der Waals surface area (Å²) in [4.78, 5) is 28.2. The number of esters is 2. The Kier molecular flexibility index (Phi) is 6.32. The fraction of sp³-hybridized carbons (Fsp3) is 0.643. The van der Waals surface area contributed by atoms with Gasteiger partial charge in [0, 0.05) is 24.8 Å². The lowest BCUT2D eigenvalue weighted by molar-refractivity contribution is -0.206. The molecule has 7 heteroatoms. The second-order valence-corrected chi connectivity index (χ2v) is 10.4. The van der Waals surface area contributed by atoms with E-state index in [0.29, 0.717) is 36.5 Å². The molecule has 1 spiro atoms. The Morgan fingerprint density at radius 3 is 2.60 bits per heavy atom. The van der Waals surface area contributed by atoms with E-state index in [1.165, 1.54) is 5.56 Å². The van der Waals surface area contributed by atoms with Crippen molar-refractivity contribution < 1.29 is 28.5 Å². The number of rotatable bonds is 9. The molecule has 1 unspecified atom stereocenters. The predicted molar refractivity (Wildman–Crippen MR) is 130 cm³/mol. The average molecular weight is 484 g/mol. The standard InChI is InChI=1S/C28H37NO6/c1-5-7-9-22(30)33-20-13-14-28(35-23(31)10-8-6-2)21-17-18-11-12-19(32-4)25-24(18)27(28,26(20)34-25)15-16-29(21)3/h11-13,21,26H,5-10,14-17H2,1-4H3/t21-,26+,27?,28-/m1/s1. The van der Waals surface area contributed by atoms with Gasteiger partial charge in [-0.3, -0.25) is 14.5 Å². The zero-order valence-corrected chi connectivity index (χ0v) is 21.4. The molecule has 1 saturated heterocycles. The van der Waals surface area contributed by atoms with E-state index < -0.39 is 17.1 Å². The van der Waals surface area contributed by atoms with Crippen LogP contribution < -0.4 is 9.47 Å². The maximum Gasteiger partial charge on any atom is 0.310 e. The maximum atomic E-state index is 13.2. The van der Waals surface area contributed by atoms with Gasteiger partial charge >= 0.3 is 11.9 Å². The van der Waals surface area contributed by atoms with Gasteiger partial charge in [0.15, 0.2) is 17.6 Å². The summed E-state index contributed by atoms with van der Waals surface area (Å²) >= 11 is 0. The first-order valence-corrected chi connectivity index (χ1v) is 13.1. The van der Waals surface area contributed by atoms with Crippen molar-refractivity contribution in [3.8, 4) is 11.5 Å². The van der Waals surface area contributed by atoms with Gasteiger partial charge in [-0.2, -0.15) is 0 Å². The van der Waals surface area contributed by atoms with Gasteiger partial charge in [0.1, 0.15) is 11.4 Å². The molecular weight excluding hydrogens is 446 g/mol. The molecule has 0 N–H and O–H groups in total. The largest absolute Gasteiger partial charge is 0.493 e. The van der Waals surface area contributed by atoms with E-state index in [1.54, 1.807) is 7.11 Å². The summed E-state index contributed by atoms with van der Waals surface area (Å²) in [6.45, 7) is 4.97. The van der Waals surface area contributed by atoms with E-state index in [9.17, 15) is 9.59 Å². The van der Waals surface area contributed by atoms with Crippen molar-refractivity contribution in [2.24, 2.45) is 0 Å². The molecule has 0 saturated carbocycles. The molecule has 1 fully saturated rings. The summed E-state index contributed by atoms with van der Waals surface area (Å²) in [5, 5.41) is 0. The fourth-order valence-electron chi connectivity index (χ4n) is 6.84. The van der Waals surface area contributed by atoms with Gasteiger partial charge in [0.25, 0.3) is 0 Å². The first-order valence-electron chi connectivity index (χ1n) is 13.1. The maximum absolute atomic E-state index is 13.2. The van der Waals surface area contributed by atoms with Crippen molar-refractivity contribution in [1.82, 2.24) is 4.90 Å². The topological polar surface area (TPSA) is 74.3 Å². The van der Waals surface area contributed by atoms with Crippen LogP contribution in [0.1, 0.15) is 76.3 Å². The van der Waals surface area contributed by atoms with E-state index in [0.717, 1.165) is 50.6 Å². The number of benzene rings is 1. The number of unbranched alkanes of at least 4 members (excludes halogenated alkanes) is 2. The number of ether oxygens (including phenoxy) is 4. The lowest BCUT2D eigenvalue weighted by atomic mass is 9.50. The minimum absolute atomic E-state index is 0.00774. The summed E-state index contributed by atoms with van der Waals surface area (Å²) < 4.78 is 24.9. The number of hydrogen-bond donors (Lipinski definition) is 0. The van der Waals surface area contributed by atoms with Gasteiger partial charge in [-0.25, -0.2) is 0 Å². The first-order chi connectivity index (χ1) is 16.9. The first kappa shape index (κ1) is 24.2. The van der Waals surface area contributed by atoms with Crippen molar-refractivity contribution in [3.05, 3.63) is 35.1 Å². The summed E-state index contributed by atoms with van der Waals surface area (Å²) in [5.41, 5.74) is 0.848. The van der Waals surface area contributed by atoms with Gasteiger partial charge < -0.3 is 18.9 Å². The van der Waals surface area contributed by atoms with Crippen molar-refractivity contribution in [2.75, 3.05) is 20.7 Å². The van der Waals surface area contributed by atoms with Crippen LogP contribution in [0.2, 0.25) is 0 Å². The fourth-order valence-corrected chi connectivity index (χ4v) is 6.84. The number of piperidine rings is 1. The molecular formula is C28H37NO6. The number of likely N-dealkylation sites (tertiary alicyclic amines) is 1. The number of likely N-dealkylation sites (N-methyl/N-ethyl adjacent to an activating group) is 1. The van der Waals surface area contributed by atoms with Gasteiger partial charge in [0.2, 0.25) is 0 Å². The molecule has 0 aromatic heterocycles. The third-order valence-corrected chi connectivity index (χ3v) is 8.52. The highest BCUT2D eigenvalue weighted by Crippen LogP contribution is 2.66. The monoisotopic (exact) mass is 483 g/mol. The number of carbonyl (C=O) groups excluding carboxylic acids is 2. The van der Waals surface area contributed by atoms with E-state index in [1.807, 2.05) is 12.1 Å². The predicted octanol–water partition coefficient (Wildman–Crippen LogP) is 4.45. The highest BCUT2D eigenvalue weighted by atomic mass is 16.6. The van der Waals surface area contributed by atoms with Crippen LogP contribution in [0.25, 0.3) is 0 Å². The highest BCUT2D eigenvalue weighted by molar-refractivity contribution is 5.74. The second kappa shape index (κ2) is 9.16. The van der Waals surface area contributed by atoms with Crippen molar-refractivity contribution in [2.45, 2.75) is 94.8 Å². The molecule has 5 rings (SSSR count). The lowest BCUT2D eigenvalue weighted by Gasteiger charge is -2.62. The molecule has 190 valence electrons. The van der Waals surface area contributed by atoms with Gasteiger partial charge in [-0.1, -0.05) is 32.8 Å². The Balaban J connectivity index is 1.65. The van der Waals surface area contributed by atoms with E-state index in [2.05, 4.69) is 31.9 Å². The summed E-state index contributed by atoms with van der Waals surface area (Å²) in [7, 11) is 3.75. The van der Waals surface area contributed by atoms with E-state index in [4.69, 9.17) is 18.9 Å². The van der Waals surface area contributed by atoms with Crippen LogP contribution in [-0.2, 0) is 30.9 Å². The third kappa shape index (κ3) is 3.49. The van der Waals surface area contributed by atoms with Crippen molar-refractivity contribution >= 4 is 11.9 Å². The van der Waals surface area contributed by atoms with Crippen LogP contribution in [0, 0.1) is 0 Å². The zero-order chi connectivity index (χ0) is 24.8. The molecule has 2 aliphatic carbocycles. The minimum Gasteiger partial charge on any atom is -0.493 e. The van der Waals surface area contributed by atoms with Gasteiger partial charge in [-0.15, -0.1) is 0 Å². The third-order valence-electron chi connectivity index (χ3n) is 8.52. The van der Waals surface area contributed by atoms with Gasteiger partial charge in [-0.05, 0) is 57.0 Å². The van der Waals surface area contributed by atoms with Crippen molar-refractivity contribution in [1.29, 1.82) is 0 Å². The Morgan fingerprint density at radius 1 is 1.14 bits per heavy atom. The highest BCUT2D eigenvalue weighted by Gasteiger charge is 2.74. The van der Waals surface area contributed by atoms with E-state index in [-0.39, 0.29) is 18.0 Å². The van der Waals surface area contributed by atoms with Crippen LogP contribution in [0.3, 0.4) is 0 Å². The average Bonchev–Trinajstić information content (AvgIpc) is 3.21. The number of nitrogens with zero attached hydrogens (tertiary/aromatic N) is 1.